The number of amides is 4. The number of rotatable bonds is 8. The number of hydrogen-bond donors (Lipinski definition) is 1. The van der Waals surface area contributed by atoms with Crippen LogP contribution in [-0.2, 0) is 21.4 Å². The van der Waals surface area contributed by atoms with Crippen molar-refractivity contribution >= 4 is 29.6 Å². The monoisotopic (exact) mass is 550 g/mol. The van der Waals surface area contributed by atoms with Crippen LogP contribution in [0, 0.1) is 30.1 Å². The first kappa shape index (κ1) is 26.9. The maximum absolute atomic E-state index is 13.6. The van der Waals surface area contributed by atoms with Crippen molar-refractivity contribution in [3.63, 3.8) is 0 Å². The number of ether oxygens (including phenoxy) is 2. The number of anilines is 1. The Morgan fingerprint density at radius 1 is 1.07 bits per heavy atom. The molecule has 0 aromatic heterocycles. The molecule has 0 atom stereocenters. The lowest BCUT2D eigenvalue weighted by Crippen LogP contribution is -2.54. The third-order valence-corrected chi connectivity index (χ3v) is 9.23. The molecule has 7 rings (SSSR count). The van der Waals surface area contributed by atoms with Crippen LogP contribution in [0.4, 0.5) is 10.5 Å². The van der Waals surface area contributed by atoms with Crippen LogP contribution < -0.4 is 19.7 Å². The van der Waals surface area contributed by atoms with Crippen LogP contribution in [0.15, 0.2) is 54.6 Å². The van der Waals surface area contributed by atoms with Crippen LogP contribution in [0.25, 0.3) is 6.08 Å². The smallest absolute Gasteiger partial charge is 0.335 e. The average Bonchev–Trinajstić information content (AvgIpc) is 2.94. The number of benzene rings is 2. The molecule has 2 aromatic rings. The average molecular weight is 551 g/mol. The summed E-state index contributed by atoms with van der Waals surface area (Å²) >= 11 is 0. The van der Waals surface area contributed by atoms with Gasteiger partial charge in [0.2, 0.25) is 0 Å². The van der Waals surface area contributed by atoms with Crippen LogP contribution >= 0.6 is 0 Å². The van der Waals surface area contributed by atoms with Gasteiger partial charge in [-0.1, -0.05) is 24.1 Å². The number of urea groups is 1. The van der Waals surface area contributed by atoms with Gasteiger partial charge in [-0.3, -0.25) is 14.9 Å². The molecule has 5 aliphatic rings. The molecule has 0 spiro atoms. The van der Waals surface area contributed by atoms with E-state index >= 15 is 0 Å². The zero-order chi connectivity index (χ0) is 28.7. The highest BCUT2D eigenvalue weighted by Gasteiger charge is 2.51. The number of methoxy groups -OCH3 is 1. The number of nitrogens with one attached hydrogen (secondary N) is 1. The number of imide groups is 2. The second-order valence-corrected chi connectivity index (χ2v) is 11.9. The summed E-state index contributed by atoms with van der Waals surface area (Å²) in [5.74, 6) is 4.34. The van der Waals surface area contributed by atoms with Crippen LogP contribution in [-0.4, -0.2) is 31.6 Å². The predicted molar refractivity (Wildman–Crippen MR) is 157 cm³/mol. The van der Waals surface area contributed by atoms with Crippen LogP contribution in [0.2, 0.25) is 0 Å². The summed E-state index contributed by atoms with van der Waals surface area (Å²) in [6, 6.07) is 10.5. The van der Waals surface area contributed by atoms with E-state index in [1.807, 2.05) is 12.1 Å². The maximum Gasteiger partial charge on any atom is 0.335 e. The molecule has 1 saturated heterocycles. The Kier molecular flexibility index (Phi) is 6.94. The number of terminal acetylenes is 1. The van der Waals surface area contributed by atoms with Gasteiger partial charge in [0.05, 0.1) is 12.8 Å². The second kappa shape index (κ2) is 10.6. The van der Waals surface area contributed by atoms with Crippen molar-refractivity contribution in [1.29, 1.82) is 0 Å². The summed E-state index contributed by atoms with van der Waals surface area (Å²) in [6.07, 6.45) is 16.8. The normalized spacial score (nSPS) is 27.5. The third kappa shape index (κ3) is 4.82. The fourth-order valence-electron chi connectivity index (χ4n) is 7.99. The number of allylic oxidation sites excluding steroid dienone is 1. The molecule has 4 bridgehead atoms. The highest BCUT2D eigenvalue weighted by molar-refractivity contribution is 6.39. The number of carbonyl (C=O) groups is 3. The van der Waals surface area contributed by atoms with Crippen molar-refractivity contribution < 1.29 is 23.9 Å². The number of nitrogens with zero attached hydrogens (tertiary/aromatic N) is 1. The molecule has 4 amide bonds. The van der Waals surface area contributed by atoms with E-state index < -0.39 is 17.8 Å². The van der Waals surface area contributed by atoms with E-state index in [4.69, 9.17) is 15.9 Å². The van der Waals surface area contributed by atoms with Crippen molar-refractivity contribution in [1.82, 2.24) is 5.32 Å². The second-order valence-electron chi connectivity index (χ2n) is 11.9. The molecule has 4 aliphatic carbocycles. The predicted octanol–water partition coefficient (Wildman–Crippen LogP) is 5.57. The molecule has 0 unspecified atom stereocenters. The quantitative estimate of drug-likeness (QED) is 0.201. The molecule has 2 aromatic carbocycles. The van der Waals surface area contributed by atoms with E-state index in [0.717, 1.165) is 28.2 Å². The largest absolute Gasteiger partial charge is 0.493 e. The fourth-order valence-corrected chi connectivity index (χ4v) is 7.99. The minimum absolute atomic E-state index is 0.0561. The molecular formula is C34H34N2O5. The molecule has 210 valence electrons. The Morgan fingerprint density at radius 2 is 1.73 bits per heavy atom. The van der Waals surface area contributed by atoms with E-state index in [0.29, 0.717) is 29.2 Å². The SMILES string of the molecule is C#CCOc1c(CC=C)cc(/C=C2\C(=O)NC(=O)N(c3ccc(C45CC6CC(CC(C6)C4)C5)cc3)C2=O)cc1OC. The molecule has 7 nitrogen and oxygen atoms in total. The van der Waals surface area contributed by atoms with Crippen molar-refractivity contribution in [2.75, 3.05) is 18.6 Å². The van der Waals surface area contributed by atoms with Crippen molar-refractivity contribution in [3.8, 4) is 23.8 Å². The zero-order valence-electron chi connectivity index (χ0n) is 23.3. The van der Waals surface area contributed by atoms with Gasteiger partial charge in [-0.25, -0.2) is 9.69 Å². The lowest BCUT2D eigenvalue weighted by Gasteiger charge is -2.57. The minimum Gasteiger partial charge on any atom is -0.493 e. The third-order valence-electron chi connectivity index (χ3n) is 9.23. The highest BCUT2D eigenvalue weighted by atomic mass is 16.5. The summed E-state index contributed by atoms with van der Waals surface area (Å²) in [5.41, 5.74) is 3.06. The number of barbiturate groups is 1. The van der Waals surface area contributed by atoms with E-state index in [1.54, 1.807) is 18.2 Å². The first-order valence-electron chi connectivity index (χ1n) is 14.2. The topological polar surface area (TPSA) is 84.9 Å². The summed E-state index contributed by atoms with van der Waals surface area (Å²) in [5, 5.41) is 2.32. The van der Waals surface area contributed by atoms with Crippen LogP contribution in [0.3, 0.4) is 0 Å². The van der Waals surface area contributed by atoms with Crippen molar-refractivity contribution in [3.05, 3.63) is 71.3 Å². The Morgan fingerprint density at radius 3 is 2.32 bits per heavy atom. The fraction of sp³-hybridized carbons (Fsp3) is 0.382. The van der Waals surface area contributed by atoms with Gasteiger partial charge in [-0.05, 0) is 110 Å². The van der Waals surface area contributed by atoms with Gasteiger partial charge in [0.1, 0.15) is 12.2 Å². The van der Waals surface area contributed by atoms with Crippen LogP contribution in [0.5, 0.6) is 11.5 Å². The Balaban J connectivity index is 1.30. The maximum atomic E-state index is 13.6. The standard InChI is InChI=1S/C34H34N2O5/c1-4-6-25-15-21(17-29(40-3)30(25)41-11-5-2)16-28-31(37)35-33(39)36(32(28)38)27-9-7-26(8-10-27)34-18-22-12-23(19-34)14-24(13-22)20-34/h2,4,7-10,15-17,22-24H,1,6,11-14,18-20H2,3H3,(H,35,37,39)/b28-16+. The first-order valence-corrected chi connectivity index (χ1v) is 14.2. The number of hydrogen-bond acceptors (Lipinski definition) is 5. The van der Waals surface area contributed by atoms with Gasteiger partial charge in [0.25, 0.3) is 11.8 Å². The van der Waals surface area contributed by atoms with Crippen molar-refractivity contribution in [2.45, 2.75) is 50.4 Å². The highest BCUT2D eigenvalue weighted by Crippen LogP contribution is 2.60. The van der Waals surface area contributed by atoms with Gasteiger partial charge in [0, 0.05) is 5.56 Å². The van der Waals surface area contributed by atoms with E-state index in [2.05, 4.69) is 29.9 Å². The van der Waals surface area contributed by atoms with E-state index in [9.17, 15) is 14.4 Å². The van der Waals surface area contributed by atoms with Crippen molar-refractivity contribution in [2.24, 2.45) is 17.8 Å². The zero-order valence-corrected chi connectivity index (χ0v) is 23.3. The summed E-state index contributed by atoms with van der Waals surface area (Å²) < 4.78 is 11.2. The first-order chi connectivity index (χ1) is 19.8. The van der Waals surface area contributed by atoms with Gasteiger partial charge in [0.15, 0.2) is 11.5 Å². The summed E-state index contributed by atoms with van der Waals surface area (Å²) in [4.78, 5) is 40.4. The van der Waals surface area contributed by atoms with Gasteiger partial charge < -0.3 is 9.47 Å². The molecule has 1 heterocycles. The number of carbonyl (C=O) groups excluding carboxylic acids is 3. The van der Waals surface area contributed by atoms with E-state index in [1.165, 1.54) is 57.3 Å². The van der Waals surface area contributed by atoms with E-state index in [-0.39, 0.29) is 17.6 Å². The molecular weight excluding hydrogens is 516 g/mol. The minimum atomic E-state index is -0.761. The molecule has 1 aliphatic heterocycles. The molecule has 7 heteroatoms. The molecule has 0 radical (unpaired) electrons. The molecule has 4 saturated carbocycles. The Labute approximate surface area is 240 Å². The summed E-state index contributed by atoms with van der Waals surface area (Å²) in [7, 11) is 1.50. The van der Waals surface area contributed by atoms with Crippen LogP contribution in [0.1, 0.15) is 55.2 Å². The van der Waals surface area contributed by atoms with Gasteiger partial charge in [-0.2, -0.15) is 0 Å². The lowest BCUT2D eigenvalue weighted by atomic mass is 9.48. The Bertz CT molecular complexity index is 1460. The summed E-state index contributed by atoms with van der Waals surface area (Å²) in [6.45, 7) is 3.85. The molecule has 1 N–H and O–H groups in total. The molecule has 5 fully saturated rings. The molecule has 41 heavy (non-hydrogen) atoms. The van der Waals surface area contributed by atoms with Gasteiger partial charge in [-0.15, -0.1) is 13.0 Å². The lowest BCUT2D eigenvalue weighted by molar-refractivity contribution is -0.122. The Hall–Kier alpha value is -4.31. The van der Waals surface area contributed by atoms with Gasteiger partial charge >= 0.3 is 6.03 Å².